The van der Waals surface area contributed by atoms with Gasteiger partial charge in [-0.3, -0.25) is 10.1 Å². The summed E-state index contributed by atoms with van der Waals surface area (Å²) in [6, 6.07) is 0. The van der Waals surface area contributed by atoms with Crippen molar-refractivity contribution in [1.29, 1.82) is 0 Å². The summed E-state index contributed by atoms with van der Waals surface area (Å²) >= 11 is 0. The summed E-state index contributed by atoms with van der Waals surface area (Å²) < 4.78 is 20.5. The molecule has 0 amide bonds. The molecule has 0 heterocycles. The Kier molecular flexibility index (Phi) is 69.9. The monoisotopic (exact) mass is 686 g/mol. The van der Waals surface area contributed by atoms with Crippen molar-refractivity contribution in [2.75, 3.05) is 52.7 Å². The number of carbonyl (C=O) groups is 2. The Morgan fingerprint density at radius 2 is 1.13 bits per heavy atom. The molecular formula is C37H83NO9. The van der Waals surface area contributed by atoms with Crippen molar-refractivity contribution in [3.05, 3.63) is 0 Å². The Bertz CT molecular complexity index is 531. The van der Waals surface area contributed by atoms with Crippen LogP contribution in [0.3, 0.4) is 0 Å². The van der Waals surface area contributed by atoms with E-state index in [0.29, 0.717) is 13.0 Å². The molecule has 0 saturated heterocycles. The van der Waals surface area contributed by atoms with E-state index in [1.165, 1.54) is 38.5 Å². The molecule has 0 aromatic rings. The zero-order valence-electron chi connectivity index (χ0n) is 33.5. The van der Waals surface area contributed by atoms with Crippen molar-refractivity contribution in [3.63, 3.8) is 0 Å². The molecule has 2 atom stereocenters. The van der Waals surface area contributed by atoms with Crippen LogP contribution in [-0.4, -0.2) is 86.3 Å². The SMILES string of the molecule is CC.CC.CCC.CCC.CCC.CCCCCCCCOC(O)CCC(=O)OCC(COO)COC(=O)OCCCN(CC)CC. The normalized spacial score (nSPS) is 10.8. The Balaban J connectivity index is -0.000000279. The molecule has 10 heteroatoms. The summed E-state index contributed by atoms with van der Waals surface area (Å²) in [5.74, 6) is -1.07. The van der Waals surface area contributed by atoms with E-state index in [1.54, 1.807) is 0 Å². The van der Waals surface area contributed by atoms with Gasteiger partial charge in [0, 0.05) is 19.6 Å². The van der Waals surface area contributed by atoms with E-state index in [1.807, 2.05) is 27.7 Å². The highest BCUT2D eigenvalue weighted by atomic mass is 17.1. The molecule has 0 rings (SSSR count). The van der Waals surface area contributed by atoms with Gasteiger partial charge in [-0.15, -0.1) is 0 Å². The van der Waals surface area contributed by atoms with E-state index in [0.717, 1.165) is 38.9 Å². The van der Waals surface area contributed by atoms with Crippen molar-refractivity contribution < 1.29 is 43.8 Å². The Labute approximate surface area is 292 Å². The number of hydrogen-bond donors (Lipinski definition) is 2. The van der Waals surface area contributed by atoms with Gasteiger partial charge in [0.05, 0.1) is 32.2 Å². The maximum atomic E-state index is 11.9. The van der Waals surface area contributed by atoms with Crippen LogP contribution in [-0.2, 0) is 28.6 Å². The Hall–Kier alpha value is -1.46. The zero-order chi connectivity index (χ0) is 37.6. The predicted octanol–water partition coefficient (Wildman–Crippen LogP) is 10.3. The third-order valence-electron chi connectivity index (χ3n) is 5.36. The van der Waals surface area contributed by atoms with Gasteiger partial charge in [0.2, 0.25) is 0 Å². The first-order valence-electron chi connectivity index (χ1n) is 18.9. The van der Waals surface area contributed by atoms with Gasteiger partial charge >= 0.3 is 12.1 Å². The number of unbranched alkanes of at least 4 members (excludes halogenated alkanes) is 5. The molecule has 0 radical (unpaired) electrons. The van der Waals surface area contributed by atoms with Gasteiger partial charge < -0.3 is 29.0 Å². The van der Waals surface area contributed by atoms with Crippen LogP contribution in [0.2, 0.25) is 0 Å². The number of aliphatic hydroxyl groups excluding tert-OH is 1. The van der Waals surface area contributed by atoms with Crippen LogP contribution in [0.1, 0.15) is 167 Å². The molecule has 0 spiro atoms. The average Bonchev–Trinajstić information content (AvgIpc) is 3.07. The van der Waals surface area contributed by atoms with E-state index in [2.05, 4.69) is 72.1 Å². The van der Waals surface area contributed by atoms with Crippen LogP contribution in [0, 0.1) is 5.92 Å². The van der Waals surface area contributed by atoms with E-state index >= 15 is 0 Å². The second kappa shape index (κ2) is 56.8. The van der Waals surface area contributed by atoms with Crippen molar-refractivity contribution in [3.8, 4) is 0 Å². The number of esters is 1. The summed E-state index contributed by atoms with van der Waals surface area (Å²) in [4.78, 5) is 30.0. The Morgan fingerprint density at radius 3 is 1.62 bits per heavy atom. The summed E-state index contributed by atoms with van der Waals surface area (Å²) in [6.07, 6.45) is 9.51. The van der Waals surface area contributed by atoms with Gasteiger partial charge in [0.15, 0.2) is 6.29 Å². The lowest BCUT2D eigenvalue weighted by molar-refractivity contribution is -0.255. The number of rotatable bonds is 23. The Morgan fingerprint density at radius 1 is 0.638 bits per heavy atom. The van der Waals surface area contributed by atoms with Gasteiger partial charge in [-0.2, -0.15) is 0 Å². The zero-order valence-corrected chi connectivity index (χ0v) is 33.5. The minimum atomic E-state index is -1.01. The topological polar surface area (TPSA) is 124 Å². The lowest BCUT2D eigenvalue weighted by Crippen LogP contribution is -2.26. The van der Waals surface area contributed by atoms with Gasteiger partial charge in [0.25, 0.3) is 0 Å². The van der Waals surface area contributed by atoms with Crippen LogP contribution < -0.4 is 0 Å². The summed E-state index contributed by atoms with van der Waals surface area (Å²) in [7, 11) is 0. The molecule has 0 aromatic heterocycles. The first kappa shape index (κ1) is 57.8. The summed E-state index contributed by atoms with van der Waals surface area (Å²) in [5.41, 5.74) is 0. The molecule has 2 unspecified atom stereocenters. The van der Waals surface area contributed by atoms with E-state index in [9.17, 15) is 14.7 Å². The van der Waals surface area contributed by atoms with Crippen molar-refractivity contribution in [1.82, 2.24) is 4.90 Å². The highest BCUT2D eigenvalue weighted by molar-refractivity contribution is 5.69. The second-order valence-corrected chi connectivity index (χ2v) is 10.4. The largest absolute Gasteiger partial charge is 0.508 e. The fourth-order valence-corrected chi connectivity index (χ4v) is 3.17. The van der Waals surface area contributed by atoms with Crippen LogP contribution >= 0.6 is 0 Å². The smallest absolute Gasteiger partial charge is 0.465 e. The molecule has 0 aromatic carbocycles. The van der Waals surface area contributed by atoms with E-state index in [4.69, 9.17) is 24.2 Å². The number of ether oxygens (including phenoxy) is 4. The lowest BCUT2D eigenvalue weighted by Gasteiger charge is -2.18. The van der Waals surface area contributed by atoms with Gasteiger partial charge in [-0.1, -0.05) is 141 Å². The van der Waals surface area contributed by atoms with Crippen LogP contribution in [0.15, 0.2) is 0 Å². The standard InChI is InChI=1S/C24H47NO9.3C3H8.2C2H6/c1-4-7-8-9-10-11-16-30-22(26)13-14-23(27)32-18-21(20-34-29)19-33-24(28)31-17-12-15-25(5-2)6-3;3*1-3-2;2*1-2/h21-22,26,29H,4-20H2,1-3H3;3*3H2,1-2H3;2*1-2H3. The molecule has 10 nitrogen and oxygen atoms in total. The number of carbonyl (C=O) groups excluding carboxylic acids is 2. The first-order valence-corrected chi connectivity index (χ1v) is 18.9. The molecular weight excluding hydrogens is 602 g/mol. The number of hydrogen-bond acceptors (Lipinski definition) is 10. The van der Waals surface area contributed by atoms with Crippen molar-refractivity contribution in [2.24, 2.45) is 5.92 Å². The van der Waals surface area contributed by atoms with E-state index in [-0.39, 0.29) is 39.3 Å². The molecule has 290 valence electrons. The molecule has 2 N–H and O–H groups in total. The van der Waals surface area contributed by atoms with Crippen molar-refractivity contribution >= 4 is 12.1 Å². The predicted molar refractivity (Wildman–Crippen MR) is 198 cm³/mol. The molecule has 47 heavy (non-hydrogen) atoms. The number of nitrogens with zero attached hydrogens (tertiary/aromatic N) is 1. The summed E-state index contributed by atoms with van der Waals surface area (Å²) in [6.45, 7) is 30.1. The highest BCUT2D eigenvalue weighted by Crippen LogP contribution is 2.08. The highest BCUT2D eigenvalue weighted by Gasteiger charge is 2.17. The first-order chi connectivity index (χ1) is 22.7. The minimum Gasteiger partial charge on any atom is -0.465 e. The maximum absolute atomic E-state index is 11.9. The number of aliphatic hydroxyl groups is 1. The second-order valence-electron chi connectivity index (χ2n) is 10.4. The van der Waals surface area contributed by atoms with Gasteiger partial charge in [0.1, 0.15) is 6.61 Å². The third kappa shape index (κ3) is 60.4. The van der Waals surface area contributed by atoms with E-state index < -0.39 is 24.3 Å². The molecule has 0 aliphatic heterocycles. The lowest BCUT2D eigenvalue weighted by atomic mass is 10.1. The molecule has 0 aliphatic rings. The summed E-state index contributed by atoms with van der Waals surface area (Å²) in [5, 5.41) is 18.5. The molecule has 0 saturated carbocycles. The van der Waals surface area contributed by atoms with Crippen molar-refractivity contribution in [2.45, 2.75) is 173 Å². The van der Waals surface area contributed by atoms with Gasteiger partial charge in [-0.25, -0.2) is 9.68 Å². The quantitative estimate of drug-likeness (QED) is 0.0353. The minimum absolute atomic E-state index is 0.0141. The van der Waals surface area contributed by atoms with Crippen LogP contribution in [0.5, 0.6) is 0 Å². The maximum Gasteiger partial charge on any atom is 0.508 e. The average molecular weight is 686 g/mol. The van der Waals surface area contributed by atoms with Crippen LogP contribution in [0.4, 0.5) is 4.79 Å². The fourth-order valence-electron chi connectivity index (χ4n) is 3.17. The third-order valence-corrected chi connectivity index (χ3v) is 5.36. The molecule has 0 aliphatic carbocycles. The van der Waals surface area contributed by atoms with Crippen LogP contribution in [0.25, 0.3) is 0 Å². The fraction of sp³-hybridized carbons (Fsp3) is 0.946. The molecule has 0 fully saturated rings. The molecule has 0 bridgehead atoms. The van der Waals surface area contributed by atoms with Gasteiger partial charge in [-0.05, 0) is 25.9 Å².